The molecule has 0 saturated carbocycles. The van der Waals surface area contributed by atoms with Gasteiger partial charge in [0.25, 0.3) is 23.4 Å². The van der Waals surface area contributed by atoms with Crippen LogP contribution in [0.1, 0.15) is 19.3 Å². The number of likely N-dealkylation sites (tertiary alicyclic amines) is 3. The van der Waals surface area contributed by atoms with Crippen LogP contribution in [0.3, 0.4) is 0 Å². The van der Waals surface area contributed by atoms with Gasteiger partial charge >= 0.3 is 18.1 Å². The minimum absolute atomic E-state index is 0.0250. The number of nitrogens with zero attached hydrogens (tertiary/aromatic N) is 7. The number of anilines is 10. The molecule has 8 aromatic rings. The number of aliphatic hydroxyl groups excluding tert-OH is 1. The topological polar surface area (TPSA) is 381 Å². The third-order valence-electron chi connectivity index (χ3n) is 18.6. The first-order chi connectivity index (χ1) is 54.0. The van der Waals surface area contributed by atoms with E-state index in [1.54, 1.807) is 185 Å². The number of hydrogen-bond acceptors (Lipinski definition) is 18. The molecule has 0 unspecified atom stereocenters. The lowest BCUT2D eigenvalue weighted by molar-refractivity contribution is -0.384. The summed E-state index contributed by atoms with van der Waals surface area (Å²) in [5, 5.41) is 39.5. The minimum atomic E-state index is -0.870. The van der Waals surface area contributed by atoms with Gasteiger partial charge in [0.2, 0.25) is 17.7 Å². The Morgan fingerprint density at radius 1 is 0.411 bits per heavy atom. The molecule has 6 fully saturated rings. The smallest absolute Gasteiger partial charge is 0.322 e. The zero-order valence-electron chi connectivity index (χ0n) is 59.9. The van der Waals surface area contributed by atoms with Crippen LogP contribution in [0.2, 0.25) is 15.1 Å². The van der Waals surface area contributed by atoms with Crippen molar-refractivity contribution >= 4 is 151 Å². The van der Waals surface area contributed by atoms with Gasteiger partial charge in [-0.2, -0.15) is 0 Å². The summed E-state index contributed by atoms with van der Waals surface area (Å²) >= 11 is 17.8. The Kier molecular flexibility index (Phi) is 26.3. The number of urea groups is 3. The predicted octanol–water partition coefficient (Wildman–Crippen LogP) is 10.6. The van der Waals surface area contributed by atoms with Crippen LogP contribution >= 0.6 is 34.8 Å². The predicted molar refractivity (Wildman–Crippen MR) is 420 cm³/mol. The number of aliphatic hydroxyl groups is 1. The van der Waals surface area contributed by atoms with Crippen LogP contribution < -0.4 is 61.8 Å². The lowest BCUT2D eigenvalue weighted by Gasteiger charge is -2.27. The second-order valence-electron chi connectivity index (χ2n) is 26.4. The SMILES string of the molecule is Nc1ccc(O[C@H]2C[C@H](C(=O)Nc3ccc(N4CCOCC4=O)cc3)N(C(=O)Nc3ccc(Cl)cc3)C2)cc1.O=C(Nc1ccc(N2CCOCC2=O)cc1)[C@H]1C[C@@H](O)CN1C(=O)Nc1ccc(Cl)cc1.O=C(Nc1ccc(N2CCOCC2=O)cc1)[C@H]1C[C@H](Oc2ccc([N+](=O)[O-])cc2)CN1C(=O)Nc1ccc(Cl)cc1. The Hall–Kier alpha value is -12.1. The number of non-ortho nitro benzene ring substituents is 1. The Balaban J connectivity index is 0.000000157. The molecule has 8 aromatic carbocycles. The van der Waals surface area contributed by atoms with Crippen LogP contribution in [-0.4, -0.2) is 194 Å². The van der Waals surface area contributed by atoms with Crippen molar-refractivity contribution in [2.75, 3.05) is 131 Å². The van der Waals surface area contributed by atoms with Crippen LogP contribution in [0.15, 0.2) is 194 Å². The molecule has 31 nitrogen and oxygen atoms in total. The number of nitrogens with two attached hydrogens (primary N) is 1. The number of nitro benzene ring substituents is 1. The Bertz CT molecular complexity index is 4700. The fourth-order valence-electron chi connectivity index (χ4n) is 13.0. The van der Waals surface area contributed by atoms with Gasteiger partial charge in [-0.25, -0.2) is 14.4 Å². The highest BCUT2D eigenvalue weighted by atomic mass is 35.5. The Morgan fingerprint density at radius 3 is 1.01 bits per heavy atom. The molecule has 14 rings (SSSR count). The number of β-amino-alcohol motifs (C(OH)–C–C–N with tert-alkyl or cyclic N) is 1. The van der Waals surface area contributed by atoms with Crippen LogP contribution in [-0.2, 0) is 43.0 Å². The number of nitro groups is 1. The van der Waals surface area contributed by atoms with E-state index in [9.17, 15) is 58.4 Å². The summed E-state index contributed by atoms with van der Waals surface area (Å²) in [6, 6.07) is 49.3. The molecular formula is C78H77Cl3N14O17. The summed E-state index contributed by atoms with van der Waals surface area (Å²) in [5.41, 5.74) is 11.6. The molecule has 6 aliphatic heterocycles. The van der Waals surface area contributed by atoms with Crippen molar-refractivity contribution in [3.63, 3.8) is 0 Å². The van der Waals surface area contributed by atoms with Crippen molar-refractivity contribution in [1.29, 1.82) is 0 Å². The first kappa shape index (κ1) is 79.5. The van der Waals surface area contributed by atoms with Crippen LogP contribution in [0.25, 0.3) is 0 Å². The quantitative estimate of drug-likeness (QED) is 0.0238. The first-order valence-electron chi connectivity index (χ1n) is 35.5. The second kappa shape index (κ2) is 37.1. The molecule has 6 atom stereocenters. The molecule has 9 N–H and O–H groups in total. The number of halogens is 3. The number of hydrogen-bond donors (Lipinski definition) is 8. The third kappa shape index (κ3) is 21.1. The summed E-state index contributed by atoms with van der Waals surface area (Å²) in [5.74, 6) is -0.548. The average molecular weight is 1590 g/mol. The number of carbonyl (C=O) groups excluding carboxylic acids is 9. The van der Waals surface area contributed by atoms with Gasteiger partial charge in [0.15, 0.2) is 0 Å². The Labute approximate surface area is 656 Å². The van der Waals surface area contributed by atoms with Gasteiger partial charge in [0.05, 0.1) is 43.9 Å². The largest absolute Gasteiger partial charge is 0.488 e. The molecule has 0 spiro atoms. The summed E-state index contributed by atoms with van der Waals surface area (Å²) < 4.78 is 27.6. The monoisotopic (exact) mass is 1590 g/mol. The zero-order valence-corrected chi connectivity index (χ0v) is 62.1. The molecular weight excluding hydrogens is 1510 g/mol. The molecule has 6 aliphatic rings. The fraction of sp³-hybridized carbons (Fsp3) is 0.269. The van der Waals surface area contributed by atoms with Crippen molar-refractivity contribution < 1.29 is 76.9 Å². The first-order valence-corrected chi connectivity index (χ1v) is 36.6. The van der Waals surface area contributed by atoms with Gasteiger partial charge in [-0.1, -0.05) is 34.8 Å². The molecule has 582 valence electrons. The number of rotatable bonds is 17. The molecule has 6 heterocycles. The highest BCUT2D eigenvalue weighted by Gasteiger charge is 2.44. The minimum Gasteiger partial charge on any atom is -0.488 e. The summed E-state index contributed by atoms with van der Waals surface area (Å²) in [6.07, 6.45) is -1.12. The van der Waals surface area contributed by atoms with E-state index < -0.39 is 71.3 Å². The van der Waals surface area contributed by atoms with Gasteiger partial charge in [-0.05, 0) is 182 Å². The van der Waals surface area contributed by atoms with E-state index in [2.05, 4.69) is 31.9 Å². The van der Waals surface area contributed by atoms with Gasteiger partial charge in [0, 0.05) is 130 Å². The number of amides is 12. The fourth-order valence-corrected chi connectivity index (χ4v) is 13.4. The molecule has 34 heteroatoms. The van der Waals surface area contributed by atoms with Gasteiger partial charge in [0.1, 0.15) is 61.7 Å². The molecule has 0 radical (unpaired) electrons. The standard InChI is InChI=1S/C28H26ClN5O7.C28H28ClN5O5.C22H23ClN4O5/c29-18-1-3-20(4-2-18)31-28(37)33-16-24(41-23-11-9-22(10-12-23)34(38)39)15-25(33)27(36)30-19-5-7-21(8-6-19)32-13-14-40-17-26(32)35;29-18-1-5-21(6-2-18)32-28(37)34-16-24(39-23-11-3-19(30)4-12-23)15-25(34)27(36)31-20-7-9-22(10-8-20)33-13-14-38-17-26(33)35;23-14-1-3-16(4-2-14)25-22(31)27-12-18(28)11-19(27)21(30)24-15-5-7-17(8-6-15)26-9-10-32-13-20(26)29/h1-12,24-25H,13-17H2,(H,30,36)(H,31,37);1-12,24-25H,13-17,30H2,(H,31,36)(H,32,37);1-8,18-19,28H,9-13H2,(H,24,30)(H,25,31)/t2*24-,25+;18-,19-/m001/s1. The van der Waals surface area contributed by atoms with Crippen molar-refractivity contribution in [3.05, 3.63) is 219 Å². The van der Waals surface area contributed by atoms with E-state index in [-0.39, 0.29) is 81.6 Å². The number of carbonyl (C=O) groups is 9. The lowest BCUT2D eigenvalue weighted by Crippen LogP contribution is -2.45. The molecule has 112 heavy (non-hydrogen) atoms. The number of morpholine rings is 3. The van der Waals surface area contributed by atoms with E-state index in [4.69, 9.17) is 64.2 Å². The van der Waals surface area contributed by atoms with Crippen LogP contribution in [0.5, 0.6) is 11.5 Å². The zero-order chi connectivity index (χ0) is 79.0. The van der Waals surface area contributed by atoms with Gasteiger partial charge in [-0.15, -0.1) is 0 Å². The van der Waals surface area contributed by atoms with Crippen LogP contribution in [0.4, 0.5) is 76.9 Å². The maximum Gasteiger partial charge on any atom is 0.322 e. The molecule has 0 aromatic heterocycles. The maximum absolute atomic E-state index is 13.4. The normalized spacial score (nSPS) is 19.4. The number of ether oxygens (including phenoxy) is 5. The highest BCUT2D eigenvalue weighted by molar-refractivity contribution is 6.31. The van der Waals surface area contributed by atoms with E-state index >= 15 is 0 Å². The molecule has 12 amide bonds. The summed E-state index contributed by atoms with van der Waals surface area (Å²) in [6.45, 7) is 3.27. The van der Waals surface area contributed by atoms with E-state index in [1.165, 1.54) is 39.0 Å². The van der Waals surface area contributed by atoms with E-state index in [0.717, 1.165) is 11.4 Å². The Morgan fingerprint density at radius 2 is 0.696 bits per heavy atom. The van der Waals surface area contributed by atoms with Gasteiger partial charge < -0.3 is 95.8 Å². The number of nitrogens with one attached hydrogen (secondary N) is 6. The molecule has 0 aliphatic carbocycles. The van der Waals surface area contributed by atoms with Crippen LogP contribution in [0, 0.1) is 10.1 Å². The number of benzene rings is 8. The van der Waals surface area contributed by atoms with Crippen molar-refractivity contribution in [2.24, 2.45) is 0 Å². The number of nitrogen functional groups attached to an aromatic ring is 1. The highest BCUT2D eigenvalue weighted by Crippen LogP contribution is 2.32. The third-order valence-corrected chi connectivity index (χ3v) is 19.4. The second-order valence-corrected chi connectivity index (χ2v) is 27.7. The lowest BCUT2D eigenvalue weighted by atomic mass is 10.1. The van der Waals surface area contributed by atoms with E-state index in [1.807, 2.05) is 0 Å². The van der Waals surface area contributed by atoms with Crippen molar-refractivity contribution in [1.82, 2.24) is 14.7 Å². The average Bonchev–Trinajstić information content (AvgIpc) is 1.50. The van der Waals surface area contributed by atoms with Crippen molar-refractivity contribution in [3.8, 4) is 11.5 Å². The van der Waals surface area contributed by atoms with Gasteiger partial charge in [-0.3, -0.25) is 38.9 Å². The van der Waals surface area contributed by atoms with E-state index in [0.29, 0.717) is 118 Å². The van der Waals surface area contributed by atoms with Crippen molar-refractivity contribution in [2.45, 2.75) is 55.7 Å². The summed E-state index contributed by atoms with van der Waals surface area (Å²) in [4.78, 5) is 135. The molecule has 6 saturated heterocycles. The summed E-state index contributed by atoms with van der Waals surface area (Å²) in [7, 11) is 0. The molecule has 0 bridgehead atoms. The maximum atomic E-state index is 13.4.